The Morgan fingerprint density at radius 2 is 1.63 bits per heavy atom. The third-order valence-electron chi connectivity index (χ3n) is 7.85. The van der Waals surface area contributed by atoms with Crippen molar-refractivity contribution in [3.8, 4) is 0 Å². The Morgan fingerprint density at radius 1 is 0.933 bits per heavy atom. The molecule has 4 fully saturated rings. The van der Waals surface area contributed by atoms with E-state index in [2.05, 4.69) is 16.5 Å². The monoisotopic (exact) mass is 439 g/mol. The maximum absolute atomic E-state index is 13.1. The zero-order chi connectivity index (χ0) is 21.6. The smallest absolute Gasteiger partial charge is 0.226 e. The number of amides is 2. The molecule has 170 valence electrons. The maximum atomic E-state index is 13.1. The summed E-state index contributed by atoms with van der Waals surface area (Å²) in [4.78, 5) is 29.6. The molecule has 1 saturated heterocycles. The van der Waals surface area contributed by atoms with Gasteiger partial charge in [-0.15, -0.1) is 0 Å². The minimum atomic E-state index is -3.19. The normalized spacial score (nSPS) is 37.6. The summed E-state index contributed by atoms with van der Waals surface area (Å²) >= 11 is 0. The van der Waals surface area contributed by atoms with Gasteiger partial charge in [-0.1, -0.05) is 12.8 Å². The topological polar surface area (TPSA) is 86.8 Å². The number of nitrogens with zero attached hydrogens (tertiary/aromatic N) is 2. The number of carbonyl (C=O) groups is 2. The van der Waals surface area contributed by atoms with Crippen LogP contribution < -0.4 is 4.72 Å². The van der Waals surface area contributed by atoms with Gasteiger partial charge in [0.1, 0.15) is 0 Å². The van der Waals surface area contributed by atoms with Crippen LogP contribution in [0.2, 0.25) is 0 Å². The van der Waals surface area contributed by atoms with E-state index in [1.54, 1.807) is 6.92 Å². The number of sulfonamides is 1. The van der Waals surface area contributed by atoms with Crippen LogP contribution in [-0.4, -0.2) is 67.0 Å². The molecule has 1 N–H and O–H groups in total. The SMILES string of the molecule is CC(=O)N1C2CCC(C3CCCC(NS(C)(=O)=O)C3)CC2N(C(=O)C2CC2)C[C@@H]1C. The minimum Gasteiger partial charge on any atom is -0.335 e. The van der Waals surface area contributed by atoms with Crippen LogP contribution in [0.25, 0.3) is 0 Å². The lowest BCUT2D eigenvalue weighted by Gasteiger charge is -2.55. The molecule has 0 aromatic carbocycles. The first-order valence-electron chi connectivity index (χ1n) is 11.7. The highest BCUT2D eigenvalue weighted by atomic mass is 32.2. The van der Waals surface area contributed by atoms with Crippen molar-refractivity contribution in [2.45, 2.75) is 95.8 Å². The van der Waals surface area contributed by atoms with Crippen LogP contribution in [0.3, 0.4) is 0 Å². The number of hydrogen-bond donors (Lipinski definition) is 1. The van der Waals surface area contributed by atoms with E-state index < -0.39 is 10.0 Å². The van der Waals surface area contributed by atoms with E-state index in [1.165, 1.54) is 6.26 Å². The predicted molar refractivity (Wildman–Crippen MR) is 115 cm³/mol. The highest BCUT2D eigenvalue weighted by molar-refractivity contribution is 7.88. The lowest BCUT2D eigenvalue weighted by Crippen LogP contribution is -2.67. The van der Waals surface area contributed by atoms with Gasteiger partial charge in [-0.25, -0.2) is 13.1 Å². The number of rotatable bonds is 4. The van der Waals surface area contributed by atoms with E-state index in [4.69, 9.17) is 0 Å². The Labute approximate surface area is 181 Å². The summed E-state index contributed by atoms with van der Waals surface area (Å²) in [6, 6.07) is 0.334. The quantitative estimate of drug-likeness (QED) is 0.727. The highest BCUT2D eigenvalue weighted by Crippen LogP contribution is 2.44. The van der Waals surface area contributed by atoms with E-state index in [0.717, 1.165) is 57.8 Å². The third-order valence-corrected chi connectivity index (χ3v) is 8.61. The van der Waals surface area contributed by atoms with Crippen molar-refractivity contribution >= 4 is 21.8 Å². The molecule has 30 heavy (non-hydrogen) atoms. The fourth-order valence-electron chi connectivity index (χ4n) is 6.51. The van der Waals surface area contributed by atoms with Crippen molar-refractivity contribution in [3.05, 3.63) is 0 Å². The molecular formula is C22H37N3O4S. The second-order valence-electron chi connectivity index (χ2n) is 10.3. The van der Waals surface area contributed by atoms with Crippen molar-refractivity contribution in [1.29, 1.82) is 0 Å². The highest BCUT2D eigenvalue weighted by Gasteiger charge is 2.49. The van der Waals surface area contributed by atoms with Gasteiger partial charge in [-0.3, -0.25) is 9.59 Å². The predicted octanol–water partition coefficient (Wildman–Crippen LogP) is 2.12. The molecule has 0 aromatic heterocycles. The zero-order valence-electron chi connectivity index (χ0n) is 18.5. The fraction of sp³-hybridized carbons (Fsp3) is 0.909. The lowest BCUT2D eigenvalue weighted by atomic mass is 9.68. The van der Waals surface area contributed by atoms with Gasteiger partial charge in [0.25, 0.3) is 0 Å². The first-order chi connectivity index (χ1) is 14.1. The van der Waals surface area contributed by atoms with Gasteiger partial charge in [0.2, 0.25) is 21.8 Å². The van der Waals surface area contributed by atoms with Crippen LogP contribution >= 0.6 is 0 Å². The van der Waals surface area contributed by atoms with Gasteiger partial charge in [-0.2, -0.15) is 0 Å². The van der Waals surface area contributed by atoms with Crippen LogP contribution in [0, 0.1) is 17.8 Å². The molecule has 3 aliphatic carbocycles. The molecule has 1 aliphatic heterocycles. The van der Waals surface area contributed by atoms with Crippen LogP contribution in [0.1, 0.15) is 71.6 Å². The van der Waals surface area contributed by atoms with E-state index in [0.29, 0.717) is 24.3 Å². The van der Waals surface area contributed by atoms with Crippen molar-refractivity contribution < 1.29 is 18.0 Å². The maximum Gasteiger partial charge on any atom is 0.226 e. The summed E-state index contributed by atoms with van der Waals surface area (Å²) in [6.07, 6.45) is 10.1. The molecule has 2 amide bonds. The number of nitrogens with one attached hydrogen (secondary N) is 1. The molecule has 5 unspecified atom stereocenters. The molecule has 0 bridgehead atoms. The molecule has 4 aliphatic rings. The molecule has 6 atom stereocenters. The molecule has 0 spiro atoms. The number of piperazine rings is 1. The average molecular weight is 440 g/mol. The summed E-state index contributed by atoms with van der Waals surface area (Å²) in [5, 5.41) is 0. The molecule has 1 heterocycles. The van der Waals surface area contributed by atoms with Crippen LogP contribution in [-0.2, 0) is 19.6 Å². The van der Waals surface area contributed by atoms with Crippen molar-refractivity contribution in [3.63, 3.8) is 0 Å². The summed E-state index contributed by atoms with van der Waals surface area (Å²) in [6.45, 7) is 4.37. The summed E-state index contributed by atoms with van der Waals surface area (Å²) in [5.74, 6) is 1.58. The molecule has 0 aromatic rings. The Hall–Kier alpha value is -1.15. The van der Waals surface area contributed by atoms with E-state index in [9.17, 15) is 18.0 Å². The van der Waals surface area contributed by atoms with Gasteiger partial charge in [0.05, 0.1) is 18.3 Å². The molecule has 0 radical (unpaired) electrons. The summed E-state index contributed by atoms with van der Waals surface area (Å²) in [7, 11) is -3.19. The van der Waals surface area contributed by atoms with Crippen LogP contribution in [0.4, 0.5) is 0 Å². The molecule has 8 heteroatoms. The van der Waals surface area contributed by atoms with Gasteiger partial charge in [0.15, 0.2) is 0 Å². The molecule has 7 nitrogen and oxygen atoms in total. The Kier molecular flexibility index (Phi) is 6.19. The standard InChI is InChI=1S/C22H37N3O4S/c1-14-13-24(22(27)16-7-8-16)21-12-18(9-10-20(21)25(14)15(2)26)17-5-4-6-19(11-17)23-30(3,28)29/h14,16-21,23H,4-13H2,1-3H3/t14-,17?,18?,19?,20?,21?/m0/s1. The summed E-state index contributed by atoms with van der Waals surface area (Å²) in [5.41, 5.74) is 0. The first-order valence-corrected chi connectivity index (χ1v) is 13.6. The second-order valence-corrected chi connectivity index (χ2v) is 12.0. The van der Waals surface area contributed by atoms with Crippen molar-refractivity contribution in [1.82, 2.24) is 14.5 Å². The average Bonchev–Trinajstić information content (AvgIpc) is 3.50. The summed E-state index contributed by atoms with van der Waals surface area (Å²) < 4.78 is 26.2. The largest absolute Gasteiger partial charge is 0.335 e. The minimum absolute atomic E-state index is 0.0285. The van der Waals surface area contributed by atoms with Gasteiger partial charge < -0.3 is 9.80 Å². The Balaban J connectivity index is 1.50. The van der Waals surface area contributed by atoms with Crippen molar-refractivity contribution in [2.75, 3.05) is 12.8 Å². The molecular weight excluding hydrogens is 402 g/mol. The van der Waals surface area contributed by atoms with Gasteiger partial charge in [0, 0.05) is 31.5 Å². The second kappa shape index (κ2) is 8.41. The fourth-order valence-corrected chi connectivity index (χ4v) is 7.33. The third kappa shape index (κ3) is 4.69. The Bertz CT molecular complexity index is 781. The van der Waals surface area contributed by atoms with E-state index in [1.807, 2.05) is 4.90 Å². The van der Waals surface area contributed by atoms with Crippen molar-refractivity contribution in [2.24, 2.45) is 17.8 Å². The number of fused-ring (bicyclic) bond motifs is 1. The zero-order valence-corrected chi connectivity index (χ0v) is 19.4. The number of carbonyl (C=O) groups excluding carboxylic acids is 2. The van der Waals surface area contributed by atoms with E-state index >= 15 is 0 Å². The lowest BCUT2D eigenvalue weighted by molar-refractivity contribution is -0.155. The van der Waals surface area contributed by atoms with Crippen LogP contribution in [0.5, 0.6) is 0 Å². The van der Waals surface area contributed by atoms with Crippen LogP contribution in [0.15, 0.2) is 0 Å². The Morgan fingerprint density at radius 3 is 2.27 bits per heavy atom. The first kappa shape index (κ1) is 22.1. The molecule has 4 rings (SSSR count). The van der Waals surface area contributed by atoms with Gasteiger partial charge >= 0.3 is 0 Å². The van der Waals surface area contributed by atoms with Gasteiger partial charge in [-0.05, 0) is 63.7 Å². The molecule has 3 saturated carbocycles. The number of hydrogen-bond acceptors (Lipinski definition) is 4. The van der Waals surface area contributed by atoms with E-state index in [-0.39, 0.29) is 36.0 Å².